The van der Waals surface area contributed by atoms with Crippen LogP contribution in [0.25, 0.3) is 0 Å². The zero-order chi connectivity index (χ0) is 16.5. The molecule has 0 aliphatic carbocycles. The van der Waals surface area contributed by atoms with Crippen LogP contribution in [0, 0.1) is 0 Å². The van der Waals surface area contributed by atoms with E-state index in [1.165, 1.54) is 14.2 Å². The highest BCUT2D eigenvalue weighted by Gasteiger charge is 2.25. The maximum Gasteiger partial charge on any atom is 0.306 e. The van der Waals surface area contributed by atoms with Crippen molar-refractivity contribution < 1.29 is 38.7 Å². The van der Waals surface area contributed by atoms with E-state index in [0.29, 0.717) is 11.5 Å². The van der Waals surface area contributed by atoms with Crippen molar-refractivity contribution in [1.82, 2.24) is 5.32 Å². The molecule has 22 heavy (non-hydrogen) atoms. The molecule has 0 atom stereocenters. The number of hydrogen-bond donors (Lipinski definition) is 3. The van der Waals surface area contributed by atoms with Gasteiger partial charge in [-0.15, -0.1) is 0 Å². The van der Waals surface area contributed by atoms with Crippen LogP contribution in [0.15, 0.2) is 23.3 Å². The van der Waals surface area contributed by atoms with E-state index in [4.69, 9.17) is 29.2 Å². The van der Waals surface area contributed by atoms with Crippen LogP contribution >= 0.6 is 0 Å². The molecule has 1 aliphatic rings. The minimum atomic E-state index is -0.977. The van der Waals surface area contributed by atoms with Crippen LogP contribution in [0.2, 0.25) is 0 Å². The fourth-order valence-electron chi connectivity index (χ4n) is 1.63. The van der Waals surface area contributed by atoms with Gasteiger partial charge in [-0.1, -0.05) is 0 Å². The average molecular weight is 317 g/mol. The van der Waals surface area contributed by atoms with E-state index in [1.54, 1.807) is 0 Å². The molecule has 1 heterocycles. The van der Waals surface area contributed by atoms with E-state index in [1.807, 2.05) is 0 Å². The smallest absolute Gasteiger partial charge is 0.306 e. The first-order valence-corrected chi connectivity index (χ1v) is 6.48. The summed E-state index contributed by atoms with van der Waals surface area (Å²) >= 11 is 0. The minimum absolute atomic E-state index is 0.0239. The Hall–Kier alpha value is -2.58. The summed E-state index contributed by atoms with van der Waals surface area (Å²) in [5, 5.41) is 20.0. The number of hydrogen-bond acceptors (Lipinski definition) is 7. The lowest BCUT2D eigenvalue weighted by molar-refractivity contribution is -0.138. The highest BCUT2D eigenvalue weighted by atomic mass is 16.5. The molecule has 0 saturated heterocycles. The topological polar surface area (TPSA) is 124 Å². The number of carboxylic acid groups (broad SMARTS) is 2. The van der Waals surface area contributed by atoms with Gasteiger partial charge in [-0.05, 0) is 0 Å². The number of methoxy groups -OCH3 is 2. The molecule has 0 aromatic heterocycles. The number of dihydropyridines is 1. The van der Waals surface area contributed by atoms with Gasteiger partial charge in [0.15, 0.2) is 11.5 Å². The second kappa shape index (κ2) is 8.65. The number of aliphatic carboxylic acids is 2. The zero-order valence-electron chi connectivity index (χ0n) is 12.4. The lowest BCUT2D eigenvalue weighted by Gasteiger charge is -2.24. The molecule has 0 unspecified atom stereocenters. The molecule has 0 spiro atoms. The molecule has 1 aliphatic heterocycles. The summed E-state index contributed by atoms with van der Waals surface area (Å²) in [6.45, 7) is -0.0478. The van der Waals surface area contributed by atoms with Crippen LogP contribution in [-0.4, -0.2) is 49.6 Å². The van der Waals surface area contributed by atoms with Gasteiger partial charge in [0.05, 0.1) is 46.7 Å². The van der Waals surface area contributed by atoms with Crippen LogP contribution < -0.4 is 5.32 Å². The van der Waals surface area contributed by atoms with E-state index in [0.717, 1.165) is 0 Å². The summed E-state index contributed by atoms with van der Waals surface area (Å²) in [7, 11) is 2.85. The lowest BCUT2D eigenvalue weighted by Crippen LogP contribution is -2.26. The third-order valence-corrected chi connectivity index (χ3v) is 2.65. The standard InChI is InChI=1S/C13H19NO8/c1-19-12-8(21-5-3-10(15)16)7-9(13(14-12)20-2)22-6-4-11(17)18/h14H,3-7H2,1-2H3,(H,15,16)(H,17,18). The Kier molecular flexibility index (Phi) is 6.87. The molecule has 3 N–H and O–H groups in total. The first-order chi connectivity index (χ1) is 10.5. The summed E-state index contributed by atoms with van der Waals surface area (Å²) in [4.78, 5) is 21.0. The van der Waals surface area contributed by atoms with E-state index >= 15 is 0 Å². The molecule has 0 fully saturated rings. The molecule has 0 aromatic carbocycles. The Bertz CT molecular complexity index is 440. The van der Waals surface area contributed by atoms with Crippen molar-refractivity contribution in [2.75, 3.05) is 27.4 Å². The second-order valence-corrected chi connectivity index (χ2v) is 4.20. The molecule has 1 rings (SSSR count). The molecule has 0 aromatic rings. The maximum absolute atomic E-state index is 10.5. The average Bonchev–Trinajstić information content (AvgIpc) is 2.46. The Morgan fingerprint density at radius 1 is 0.955 bits per heavy atom. The van der Waals surface area contributed by atoms with E-state index < -0.39 is 11.9 Å². The van der Waals surface area contributed by atoms with Gasteiger partial charge in [0.25, 0.3) is 0 Å². The number of carbonyl (C=O) groups is 2. The van der Waals surface area contributed by atoms with Gasteiger partial charge in [0, 0.05) is 0 Å². The van der Waals surface area contributed by atoms with Crippen LogP contribution in [-0.2, 0) is 28.5 Å². The first-order valence-electron chi connectivity index (χ1n) is 6.48. The van der Waals surface area contributed by atoms with Crippen LogP contribution in [0.1, 0.15) is 19.3 Å². The first kappa shape index (κ1) is 17.5. The van der Waals surface area contributed by atoms with Crippen molar-refractivity contribution in [2.24, 2.45) is 0 Å². The van der Waals surface area contributed by atoms with Gasteiger partial charge >= 0.3 is 11.9 Å². The van der Waals surface area contributed by atoms with E-state index in [2.05, 4.69) is 5.32 Å². The highest BCUT2D eigenvalue weighted by Crippen LogP contribution is 2.25. The molecule has 0 amide bonds. The molecule has 9 heteroatoms. The van der Waals surface area contributed by atoms with Gasteiger partial charge in [0.1, 0.15) is 0 Å². The normalized spacial score (nSPS) is 14.3. The van der Waals surface area contributed by atoms with Crippen molar-refractivity contribution >= 4 is 11.9 Å². The van der Waals surface area contributed by atoms with Gasteiger partial charge in [-0.3, -0.25) is 14.9 Å². The zero-order valence-corrected chi connectivity index (χ0v) is 12.4. The molecule has 0 saturated carbocycles. The Morgan fingerprint density at radius 2 is 1.36 bits per heavy atom. The summed E-state index contributed by atoms with van der Waals surface area (Å²) in [6, 6.07) is 0. The van der Waals surface area contributed by atoms with Gasteiger partial charge in [-0.25, -0.2) is 0 Å². The monoisotopic (exact) mass is 317 g/mol. The fourth-order valence-corrected chi connectivity index (χ4v) is 1.63. The summed E-state index contributed by atoms with van der Waals surface area (Å²) < 4.78 is 21.0. The molecule has 0 radical (unpaired) electrons. The summed E-state index contributed by atoms with van der Waals surface area (Å²) in [6.07, 6.45) is -0.147. The van der Waals surface area contributed by atoms with E-state index in [-0.39, 0.29) is 44.2 Å². The Labute approximate surface area is 127 Å². The Balaban J connectivity index is 2.69. The maximum atomic E-state index is 10.5. The second-order valence-electron chi connectivity index (χ2n) is 4.20. The van der Waals surface area contributed by atoms with Crippen molar-refractivity contribution in [1.29, 1.82) is 0 Å². The Morgan fingerprint density at radius 3 is 1.68 bits per heavy atom. The number of ether oxygens (including phenoxy) is 4. The number of rotatable bonds is 10. The fraction of sp³-hybridized carbons (Fsp3) is 0.538. The lowest BCUT2D eigenvalue weighted by atomic mass is 10.2. The van der Waals surface area contributed by atoms with Crippen molar-refractivity contribution in [3.05, 3.63) is 23.3 Å². The quantitative estimate of drug-likeness (QED) is 0.531. The number of nitrogens with one attached hydrogen (secondary N) is 1. The predicted octanol–water partition coefficient (Wildman–Crippen LogP) is 0.593. The van der Waals surface area contributed by atoms with Gasteiger partial charge in [0.2, 0.25) is 11.8 Å². The molecular formula is C13H19NO8. The van der Waals surface area contributed by atoms with Gasteiger partial charge in [-0.2, -0.15) is 0 Å². The highest BCUT2D eigenvalue weighted by molar-refractivity contribution is 5.67. The van der Waals surface area contributed by atoms with Crippen LogP contribution in [0.4, 0.5) is 0 Å². The van der Waals surface area contributed by atoms with Crippen LogP contribution in [0.5, 0.6) is 0 Å². The van der Waals surface area contributed by atoms with Crippen LogP contribution in [0.3, 0.4) is 0 Å². The summed E-state index contributed by atoms with van der Waals surface area (Å²) in [5.41, 5.74) is 0. The third-order valence-electron chi connectivity index (χ3n) is 2.65. The summed E-state index contributed by atoms with van der Waals surface area (Å²) in [5.74, 6) is -0.672. The SMILES string of the molecule is COC1=C(OCCC(=O)O)CC(OCCC(=O)O)=C(OC)N1. The molecule has 0 bridgehead atoms. The van der Waals surface area contributed by atoms with Crippen molar-refractivity contribution in [3.63, 3.8) is 0 Å². The van der Waals surface area contributed by atoms with Crippen molar-refractivity contribution in [2.45, 2.75) is 19.3 Å². The minimum Gasteiger partial charge on any atom is -0.491 e. The molecule has 124 valence electrons. The van der Waals surface area contributed by atoms with Gasteiger partial charge < -0.3 is 29.2 Å². The van der Waals surface area contributed by atoms with Crippen molar-refractivity contribution in [3.8, 4) is 0 Å². The van der Waals surface area contributed by atoms with E-state index in [9.17, 15) is 9.59 Å². The molecular weight excluding hydrogens is 298 g/mol. The third kappa shape index (κ3) is 5.43. The largest absolute Gasteiger partial charge is 0.491 e. The molecule has 9 nitrogen and oxygen atoms in total. The predicted molar refractivity (Wildman–Crippen MR) is 72.2 cm³/mol. The number of carboxylic acids is 2.